The van der Waals surface area contributed by atoms with Gasteiger partial charge < -0.3 is 24.5 Å². The van der Waals surface area contributed by atoms with Crippen LogP contribution in [0.15, 0.2) is 36.9 Å². The van der Waals surface area contributed by atoms with Gasteiger partial charge in [-0.25, -0.2) is 15.0 Å². The molecule has 202 valence electrons. The Morgan fingerprint density at radius 2 is 1.92 bits per heavy atom. The molecule has 0 bridgehead atoms. The van der Waals surface area contributed by atoms with Gasteiger partial charge in [0.25, 0.3) is 0 Å². The second-order valence-corrected chi connectivity index (χ2v) is 16.0. The number of nitrogens with zero attached hydrogens (tertiary/aromatic N) is 5. The number of hydrogen-bond donors (Lipinski definition) is 1. The van der Waals surface area contributed by atoms with Crippen LogP contribution in [0.4, 0.5) is 11.5 Å². The van der Waals surface area contributed by atoms with Crippen LogP contribution in [-0.2, 0) is 20.5 Å². The van der Waals surface area contributed by atoms with Gasteiger partial charge in [0.15, 0.2) is 19.8 Å². The van der Waals surface area contributed by atoms with Gasteiger partial charge in [0, 0.05) is 25.2 Å². The number of ether oxygens (including phenoxy) is 2. The Balaban J connectivity index is 1.53. The minimum atomic E-state index is -1.95. The number of fused-ring (bicyclic) bond motifs is 1. The monoisotopic (exact) mass is 526 g/mol. The smallest absolute Gasteiger partial charge is 0.192 e. The highest BCUT2D eigenvalue weighted by Gasteiger charge is 2.42. The van der Waals surface area contributed by atoms with E-state index >= 15 is 0 Å². The van der Waals surface area contributed by atoms with E-state index in [1.807, 2.05) is 4.57 Å². The topological polar surface area (TPSA) is 101 Å². The van der Waals surface area contributed by atoms with Gasteiger partial charge in [-0.1, -0.05) is 32.9 Å². The number of aromatic nitrogens is 4. The summed E-state index contributed by atoms with van der Waals surface area (Å²) in [6.45, 7) is 18.5. The van der Waals surface area contributed by atoms with Gasteiger partial charge in [-0.15, -0.1) is 0 Å². The molecule has 9 nitrogen and oxygen atoms in total. The van der Waals surface area contributed by atoms with Gasteiger partial charge in [0.05, 0.1) is 25.6 Å². The molecule has 3 heterocycles. The number of anilines is 2. The van der Waals surface area contributed by atoms with E-state index < -0.39 is 8.32 Å². The molecule has 0 spiro atoms. The molecule has 3 atom stereocenters. The average molecular weight is 527 g/mol. The van der Waals surface area contributed by atoms with Gasteiger partial charge in [0.1, 0.15) is 24.2 Å². The van der Waals surface area contributed by atoms with Crippen molar-refractivity contribution in [1.29, 1.82) is 0 Å². The summed E-state index contributed by atoms with van der Waals surface area (Å²) in [7, 11) is -1.95. The normalized spacial score (nSPS) is 20.6. The molecule has 2 N–H and O–H groups in total. The first-order chi connectivity index (χ1) is 17.5. The molecule has 0 amide bonds. The molecule has 4 rings (SSSR count). The molecular weight excluding hydrogens is 484 g/mol. The Labute approximate surface area is 221 Å². The van der Waals surface area contributed by atoms with Crippen molar-refractivity contribution in [2.24, 2.45) is 0 Å². The van der Waals surface area contributed by atoms with Crippen LogP contribution in [0.1, 0.15) is 52.8 Å². The molecule has 1 aromatic carbocycles. The van der Waals surface area contributed by atoms with E-state index in [-0.39, 0.29) is 23.5 Å². The largest absolute Gasteiger partial charge is 0.414 e. The first-order valence-corrected chi connectivity index (χ1v) is 16.1. The van der Waals surface area contributed by atoms with Crippen molar-refractivity contribution in [1.82, 2.24) is 19.5 Å². The summed E-state index contributed by atoms with van der Waals surface area (Å²) in [4.78, 5) is 15.2. The van der Waals surface area contributed by atoms with Gasteiger partial charge in [-0.2, -0.15) is 0 Å². The minimum Gasteiger partial charge on any atom is -0.414 e. The number of nitrogens with two attached hydrogens (primary N) is 1. The summed E-state index contributed by atoms with van der Waals surface area (Å²) < 4.78 is 21.6. The van der Waals surface area contributed by atoms with Crippen LogP contribution in [-0.4, -0.2) is 59.7 Å². The summed E-state index contributed by atoms with van der Waals surface area (Å²) in [5.74, 6) is 0.362. The lowest BCUT2D eigenvalue weighted by Crippen LogP contribution is -2.44. The van der Waals surface area contributed by atoms with Crippen LogP contribution in [0.2, 0.25) is 18.1 Å². The Kier molecular flexibility index (Phi) is 8.22. The van der Waals surface area contributed by atoms with E-state index in [0.717, 1.165) is 18.7 Å². The van der Waals surface area contributed by atoms with Crippen molar-refractivity contribution in [2.75, 3.05) is 30.3 Å². The Hall–Kier alpha value is -2.53. The maximum absolute atomic E-state index is 6.57. The molecule has 0 unspecified atom stereocenters. The molecule has 0 aliphatic carbocycles. The summed E-state index contributed by atoms with van der Waals surface area (Å²) in [6, 6.07) is 8.58. The molecule has 1 aliphatic rings. The molecule has 1 fully saturated rings. The third kappa shape index (κ3) is 5.98. The van der Waals surface area contributed by atoms with E-state index in [9.17, 15) is 0 Å². The summed E-state index contributed by atoms with van der Waals surface area (Å²) in [5, 5.41) is 0.112. The number of nitrogen functional groups attached to an aromatic ring is 1. The van der Waals surface area contributed by atoms with Crippen LogP contribution in [0.25, 0.3) is 11.2 Å². The summed E-state index contributed by atoms with van der Waals surface area (Å²) in [5.41, 5.74) is 9.61. The zero-order valence-electron chi connectivity index (χ0n) is 23.3. The maximum Gasteiger partial charge on any atom is 0.192 e. The average Bonchev–Trinajstić information content (AvgIpc) is 3.47. The predicted octanol–water partition coefficient (Wildman–Crippen LogP) is 5.15. The van der Waals surface area contributed by atoms with Gasteiger partial charge >= 0.3 is 0 Å². The van der Waals surface area contributed by atoms with Crippen molar-refractivity contribution in [3.63, 3.8) is 0 Å². The first-order valence-electron chi connectivity index (χ1n) is 13.2. The standard InChI is InChI=1S/C27H42N6O3Si/c1-8-32(9-2)20-12-10-11-19(13-20)15-34-21-14-23(33-18-31-24-25(28)29-17-30-26(24)33)36-22(21)16-35-37(6,7)27(3,4)5/h10-13,17-18,21-23H,8-9,14-16H2,1-7H3,(H2,28,29,30)/t21-,22+,23+/m0/s1. The number of hydrogen-bond acceptors (Lipinski definition) is 8. The second-order valence-electron chi connectivity index (χ2n) is 11.2. The van der Waals surface area contributed by atoms with Gasteiger partial charge in [-0.3, -0.25) is 4.57 Å². The zero-order chi connectivity index (χ0) is 26.8. The van der Waals surface area contributed by atoms with Crippen molar-refractivity contribution in [3.8, 4) is 0 Å². The third-order valence-electron chi connectivity index (χ3n) is 7.80. The highest BCUT2D eigenvalue weighted by molar-refractivity contribution is 6.74. The predicted molar refractivity (Wildman–Crippen MR) is 150 cm³/mol. The van der Waals surface area contributed by atoms with Crippen molar-refractivity contribution in [3.05, 3.63) is 42.5 Å². The second kappa shape index (κ2) is 11.1. The molecular formula is C27H42N6O3Si. The fourth-order valence-electron chi connectivity index (χ4n) is 4.42. The van der Waals surface area contributed by atoms with Gasteiger partial charge in [0.2, 0.25) is 0 Å². The number of rotatable bonds is 10. The highest BCUT2D eigenvalue weighted by atomic mass is 28.4. The Morgan fingerprint density at radius 3 is 2.62 bits per heavy atom. The Morgan fingerprint density at radius 1 is 1.16 bits per heavy atom. The van der Waals surface area contributed by atoms with Crippen molar-refractivity contribution >= 4 is 31.0 Å². The fourth-order valence-corrected chi connectivity index (χ4v) is 5.43. The molecule has 1 aliphatic heterocycles. The number of imidazole rings is 1. The third-order valence-corrected chi connectivity index (χ3v) is 12.3. The van der Waals surface area contributed by atoms with Crippen LogP contribution in [0, 0.1) is 0 Å². The van der Waals surface area contributed by atoms with E-state index in [1.165, 1.54) is 12.0 Å². The lowest BCUT2D eigenvalue weighted by Gasteiger charge is -2.37. The van der Waals surface area contributed by atoms with E-state index in [0.29, 0.717) is 36.6 Å². The zero-order valence-corrected chi connectivity index (χ0v) is 24.3. The van der Waals surface area contributed by atoms with Crippen LogP contribution in [0.5, 0.6) is 0 Å². The molecule has 1 saturated heterocycles. The van der Waals surface area contributed by atoms with E-state index in [1.54, 1.807) is 6.33 Å². The quantitative estimate of drug-likeness (QED) is 0.362. The number of benzene rings is 1. The maximum atomic E-state index is 6.57. The first kappa shape index (κ1) is 27.5. The molecule has 3 aromatic rings. The minimum absolute atomic E-state index is 0.112. The molecule has 10 heteroatoms. The SMILES string of the molecule is CCN(CC)c1cccc(CO[C@H]2C[C@H](n3cnc4c(N)ncnc43)O[C@@H]2CO[Si](C)(C)C(C)(C)C)c1. The molecule has 0 saturated carbocycles. The van der Waals surface area contributed by atoms with Crippen molar-refractivity contribution in [2.45, 2.75) is 84.2 Å². The van der Waals surface area contributed by atoms with E-state index in [2.05, 4.69) is 91.8 Å². The molecule has 0 radical (unpaired) electrons. The van der Waals surface area contributed by atoms with Crippen LogP contribution >= 0.6 is 0 Å². The molecule has 37 heavy (non-hydrogen) atoms. The lowest BCUT2D eigenvalue weighted by molar-refractivity contribution is -0.0617. The summed E-state index contributed by atoms with van der Waals surface area (Å²) >= 11 is 0. The van der Waals surface area contributed by atoms with Crippen LogP contribution in [0.3, 0.4) is 0 Å². The van der Waals surface area contributed by atoms with Crippen LogP contribution < -0.4 is 10.6 Å². The van der Waals surface area contributed by atoms with E-state index in [4.69, 9.17) is 19.6 Å². The van der Waals surface area contributed by atoms with Gasteiger partial charge in [-0.05, 0) is 49.7 Å². The fraction of sp³-hybridized carbons (Fsp3) is 0.593. The highest BCUT2D eigenvalue weighted by Crippen LogP contribution is 2.39. The van der Waals surface area contributed by atoms with Crippen molar-refractivity contribution < 1.29 is 13.9 Å². The summed E-state index contributed by atoms with van der Waals surface area (Å²) in [6.07, 6.45) is 3.22. The lowest BCUT2D eigenvalue weighted by atomic mass is 10.1. The Bertz CT molecular complexity index is 1190. The molecule has 2 aromatic heterocycles.